The molecule has 0 spiro atoms. The summed E-state index contributed by atoms with van der Waals surface area (Å²) in [6.45, 7) is -0.0694. The molecule has 1 heterocycles. The van der Waals surface area contributed by atoms with Gasteiger partial charge >= 0.3 is 18.1 Å². The second kappa shape index (κ2) is 5.36. The SMILES string of the molecule is COCc1cc(NC(=O)C(F)(F)F)sc1C(=O)O. The maximum atomic E-state index is 12.0. The number of hydrogen-bond acceptors (Lipinski definition) is 4. The van der Waals surface area contributed by atoms with Gasteiger partial charge in [0.2, 0.25) is 0 Å². The fourth-order valence-corrected chi connectivity index (χ4v) is 2.02. The fraction of sp³-hybridized carbons (Fsp3) is 0.333. The minimum atomic E-state index is -5.02. The van der Waals surface area contributed by atoms with Gasteiger partial charge in [-0.1, -0.05) is 0 Å². The van der Waals surface area contributed by atoms with Crippen molar-refractivity contribution < 1.29 is 32.6 Å². The Hall–Kier alpha value is -1.61. The number of rotatable bonds is 4. The predicted molar refractivity (Wildman–Crippen MR) is 56.7 cm³/mol. The van der Waals surface area contributed by atoms with Crippen molar-refractivity contribution in [3.8, 4) is 0 Å². The number of carbonyl (C=O) groups is 2. The van der Waals surface area contributed by atoms with Gasteiger partial charge in [-0.3, -0.25) is 4.79 Å². The van der Waals surface area contributed by atoms with Crippen molar-refractivity contribution in [2.75, 3.05) is 12.4 Å². The van der Waals surface area contributed by atoms with Crippen molar-refractivity contribution in [2.45, 2.75) is 12.8 Å². The number of alkyl halides is 3. The lowest BCUT2D eigenvalue weighted by atomic mass is 10.2. The molecule has 1 amide bonds. The summed E-state index contributed by atoms with van der Waals surface area (Å²) in [5.41, 5.74) is 0.201. The Morgan fingerprint density at radius 3 is 2.56 bits per heavy atom. The molecule has 9 heteroatoms. The normalized spacial score (nSPS) is 11.3. The molecular weight excluding hydrogens is 275 g/mol. The van der Waals surface area contributed by atoms with Crippen LogP contribution in [0.1, 0.15) is 15.2 Å². The number of anilines is 1. The number of carbonyl (C=O) groups excluding carboxylic acids is 1. The number of methoxy groups -OCH3 is 1. The molecule has 1 rings (SSSR count). The maximum Gasteiger partial charge on any atom is 0.471 e. The van der Waals surface area contributed by atoms with E-state index in [0.717, 1.165) is 6.07 Å². The topological polar surface area (TPSA) is 75.6 Å². The molecule has 0 unspecified atom stereocenters. The minimum Gasteiger partial charge on any atom is -0.477 e. The third kappa shape index (κ3) is 3.44. The molecule has 5 nitrogen and oxygen atoms in total. The van der Waals surface area contributed by atoms with Crippen molar-refractivity contribution in [1.82, 2.24) is 0 Å². The van der Waals surface area contributed by atoms with Crippen molar-refractivity contribution in [3.05, 3.63) is 16.5 Å². The Morgan fingerprint density at radius 1 is 1.50 bits per heavy atom. The number of aromatic carboxylic acids is 1. The average molecular weight is 283 g/mol. The molecule has 0 saturated carbocycles. The standard InChI is InChI=1S/C9H8F3NO4S/c1-17-3-4-2-5(18-6(4)7(14)15)13-8(16)9(10,11)12/h2H,3H2,1H3,(H,13,16)(H,14,15). The Balaban J connectivity index is 2.95. The predicted octanol–water partition coefficient (Wildman–Crippen LogP) is 2.09. The molecule has 0 bridgehead atoms. The number of ether oxygens (including phenoxy) is 1. The number of nitrogens with one attached hydrogen (secondary N) is 1. The lowest BCUT2D eigenvalue weighted by Crippen LogP contribution is -2.29. The van der Waals surface area contributed by atoms with E-state index in [1.165, 1.54) is 7.11 Å². The molecule has 0 fully saturated rings. The van der Waals surface area contributed by atoms with Gasteiger partial charge in [-0.05, 0) is 6.07 Å². The number of carboxylic acid groups (broad SMARTS) is 1. The van der Waals surface area contributed by atoms with Crippen LogP contribution < -0.4 is 5.32 Å². The van der Waals surface area contributed by atoms with Crippen molar-refractivity contribution in [2.24, 2.45) is 0 Å². The highest BCUT2D eigenvalue weighted by molar-refractivity contribution is 7.18. The Kier molecular flexibility index (Phi) is 4.30. The Labute approximate surface area is 103 Å². The van der Waals surface area contributed by atoms with Crippen LogP contribution in [0, 0.1) is 0 Å². The molecule has 0 aliphatic carbocycles. The Bertz CT molecular complexity index is 469. The van der Waals surface area contributed by atoms with Gasteiger partial charge in [0.15, 0.2) is 0 Å². The zero-order valence-electron chi connectivity index (χ0n) is 9.00. The summed E-state index contributed by atoms with van der Waals surface area (Å²) in [7, 11) is 1.32. The summed E-state index contributed by atoms with van der Waals surface area (Å²) in [4.78, 5) is 21.3. The second-order valence-corrected chi connectivity index (χ2v) is 4.21. The molecule has 0 saturated heterocycles. The van der Waals surface area contributed by atoms with Crippen LogP contribution in [-0.4, -0.2) is 30.3 Å². The highest BCUT2D eigenvalue weighted by Crippen LogP contribution is 2.29. The van der Waals surface area contributed by atoms with Crippen LogP contribution in [0.5, 0.6) is 0 Å². The van der Waals surface area contributed by atoms with Gasteiger partial charge in [-0.2, -0.15) is 13.2 Å². The van der Waals surface area contributed by atoms with E-state index >= 15 is 0 Å². The summed E-state index contributed by atoms with van der Waals surface area (Å²) < 4.78 is 40.7. The van der Waals surface area contributed by atoms with Crippen LogP contribution in [0.15, 0.2) is 6.07 Å². The lowest BCUT2D eigenvalue weighted by molar-refractivity contribution is -0.167. The molecule has 100 valence electrons. The molecular formula is C9H8F3NO4S. The summed E-state index contributed by atoms with van der Waals surface area (Å²) >= 11 is 0.541. The van der Waals surface area contributed by atoms with E-state index in [2.05, 4.69) is 0 Å². The van der Waals surface area contributed by atoms with Crippen LogP contribution in [-0.2, 0) is 16.1 Å². The molecule has 1 aromatic heterocycles. The number of thiophene rings is 1. The first-order valence-electron chi connectivity index (χ1n) is 4.48. The van der Waals surface area contributed by atoms with Crippen LogP contribution in [0.3, 0.4) is 0 Å². The lowest BCUT2D eigenvalue weighted by Gasteiger charge is -2.04. The molecule has 0 aliphatic rings. The summed E-state index contributed by atoms with van der Waals surface area (Å²) in [6.07, 6.45) is -5.02. The van der Waals surface area contributed by atoms with E-state index in [1.807, 2.05) is 0 Å². The van der Waals surface area contributed by atoms with Gasteiger partial charge in [-0.15, -0.1) is 11.3 Å². The summed E-state index contributed by atoms with van der Waals surface area (Å²) in [5.74, 6) is -3.44. The largest absolute Gasteiger partial charge is 0.477 e. The van der Waals surface area contributed by atoms with E-state index in [9.17, 15) is 22.8 Å². The fourth-order valence-electron chi connectivity index (χ4n) is 1.12. The van der Waals surface area contributed by atoms with Crippen LogP contribution in [0.25, 0.3) is 0 Å². The highest BCUT2D eigenvalue weighted by Gasteiger charge is 2.39. The number of hydrogen-bond donors (Lipinski definition) is 2. The number of amides is 1. The van der Waals surface area contributed by atoms with Crippen molar-refractivity contribution in [1.29, 1.82) is 0 Å². The van der Waals surface area contributed by atoms with Gasteiger partial charge in [0.25, 0.3) is 0 Å². The first-order chi connectivity index (χ1) is 8.25. The third-order valence-electron chi connectivity index (χ3n) is 1.80. The molecule has 0 atom stereocenters. The quantitative estimate of drug-likeness (QED) is 0.887. The minimum absolute atomic E-state index is 0.0694. The second-order valence-electron chi connectivity index (χ2n) is 3.16. The summed E-state index contributed by atoms with van der Waals surface area (Å²) in [6, 6.07) is 1.14. The van der Waals surface area contributed by atoms with Crippen LogP contribution >= 0.6 is 11.3 Å². The molecule has 1 aromatic rings. The van der Waals surface area contributed by atoms with Gasteiger partial charge in [0, 0.05) is 12.7 Å². The smallest absolute Gasteiger partial charge is 0.471 e. The zero-order chi connectivity index (χ0) is 13.9. The van der Waals surface area contributed by atoms with E-state index in [0.29, 0.717) is 11.3 Å². The molecule has 0 radical (unpaired) electrons. The first kappa shape index (κ1) is 14.5. The van der Waals surface area contributed by atoms with Crippen molar-refractivity contribution >= 4 is 28.2 Å². The van der Waals surface area contributed by atoms with E-state index in [1.54, 1.807) is 5.32 Å². The van der Waals surface area contributed by atoms with Gasteiger partial charge in [-0.25, -0.2) is 4.79 Å². The summed E-state index contributed by atoms with van der Waals surface area (Å²) in [5, 5.41) is 10.2. The van der Waals surface area contributed by atoms with E-state index < -0.39 is 18.1 Å². The van der Waals surface area contributed by atoms with E-state index in [-0.39, 0.29) is 22.0 Å². The van der Waals surface area contributed by atoms with Crippen LogP contribution in [0.4, 0.5) is 18.2 Å². The monoisotopic (exact) mass is 283 g/mol. The van der Waals surface area contributed by atoms with Gasteiger partial charge in [0.1, 0.15) is 4.88 Å². The number of carboxylic acids is 1. The Morgan fingerprint density at radius 2 is 2.11 bits per heavy atom. The average Bonchev–Trinajstić information content (AvgIpc) is 2.60. The molecule has 0 aliphatic heterocycles. The zero-order valence-corrected chi connectivity index (χ0v) is 9.82. The third-order valence-corrected chi connectivity index (χ3v) is 2.88. The van der Waals surface area contributed by atoms with Crippen LogP contribution in [0.2, 0.25) is 0 Å². The molecule has 2 N–H and O–H groups in total. The highest BCUT2D eigenvalue weighted by atomic mass is 32.1. The van der Waals surface area contributed by atoms with Crippen molar-refractivity contribution in [3.63, 3.8) is 0 Å². The molecule has 0 aromatic carbocycles. The maximum absolute atomic E-state index is 12.0. The number of halogens is 3. The first-order valence-corrected chi connectivity index (χ1v) is 5.30. The van der Waals surface area contributed by atoms with Gasteiger partial charge in [0.05, 0.1) is 11.6 Å². The van der Waals surface area contributed by atoms with E-state index in [4.69, 9.17) is 9.84 Å². The molecule has 18 heavy (non-hydrogen) atoms. The van der Waals surface area contributed by atoms with Gasteiger partial charge < -0.3 is 15.2 Å².